The first-order chi connectivity index (χ1) is 4.34. The van der Waals surface area contributed by atoms with E-state index in [2.05, 4.69) is 0 Å². The Hall–Kier alpha value is -0.380. The zero-order valence-corrected chi connectivity index (χ0v) is 5.77. The lowest BCUT2D eigenvalue weighted by Crippen LogP contribution is -2.10. The van der Waals surface area contributed by atoms with Crippen molar-refractivity contribution in [2.24, 2.45) is 5.73 Å². The smallest absolute Gasteiger partial charge is 0.0920 e. The summed E-state index contributed by atoms with van der Waals surface area (Å²) in [6.45, 7) is 0.302. The van der Waals surface area contributed by atoms with Crippen LogP contribution in [0.2, 0.25) is 0 Å². The fourth-order valence-electron chi connectivity index (χ4n) is 0.601. The minimum Gasteiger partial charge on any atom is -0.387 e. The molecule has 2 nitrogen and oxygen atoms in total. The van der Waals surface area contributed by atoms with Gasteiger partial charge in [-0.2, -0.15) is 11.3 Å². The third-order valence-electron chi connectivity index (χ3n) is 1.15. The molecule has 1 aromatic heterocycles. The van der Waals surface area contributed by atoms with E-state index >= 15 is 0 Å². The molecule has 0 radical (unpaired) electrons. The molecule has 0 saturated heterocycles. The molecule has 0 fully saturated rings. The maximum Gasteiger partial charge on any atom is 0.0920 e. The SMILES string of the molecule is NCC(O)c1ccsc1. The van der Waals surface area contributed by atoms with E-state index in [-0.39, 0.29) is 0 Å². The molecule has 0 amide bonds. The molecular weight excluding hydrogens is 134 g/mol. The van der Waals surface area contributed by atoms with Crippen molar-refractivity contribution in [2.75, 3.05) is 6.54 Å². The Bertz CT molecular complexity index is 162. The van der Waals surface area contributed by atoms with Crippen molar-refractivity contribution in [1.29, 1.82) is 0 Å². The largest absolute Gasteiger partial charge is 0.387 e. The molecule has 0 aliphatic heterocycles. The Morgan fingerprint density at radius 3 is 3.00 bits per heavy atom. The third-order valence-corrected chi connectivity index (χ3v) is 1.85. The number of hydrogen-bond acceptors (Lipinski definition) is 3. The highest BCUT2D eigenvalue weighted by atomic mass is 32.1. The molecule has 50 valence electrons. The van der Waals surface area contributed by atoms with Crippen molar-refractivity contribution in [3.8, 4) is 0 Å². The van der Waals surface area contributed by atoms with Crippen LogP contribution in [0.3, 0.4) is 0 Å². The van der Waals surface area contributed by atoms with Gasteiger partial charge in [-0.25, -0.2) is 0 Å². The molecule has 3 heteroatoms. The van der Waals surface area contributed by atoms with Crippen molar-refractivity contribution in [3.05, 3.63) is 22.4 Å². The topological polar surface area (TPSA) is 46.2 Å². The Morgan fingerprint density at radius 2 is 2.56 bits per heavy atom. The molecule has 1 unspecified atom stereocenters. The molecule has 0 aliphatic carbocycles. The molecule has 1 aromatic rings. The zero-order chi connectivity index (χ0) is 6.69. The van der Waals surface area contributed by atoms with Gasteiger partial charge in [0.25, 0.3) is 0 Å². The first-order valence-corrected chi connectivity index (χ1v) is 3.69. The monoisotopic (exact) mass is 143 g/mol. The Morgan fingerprint density at radius 1 is 1.78 bits per heavy atom. The highest BCUT2D eigenvalue weighted by molar-refractivity contribution is 7.07. The predicted octanol–water partition coefficient (Wildman–Crippen LogP) is 0.740. The highest BCUT2D eigenvalue weighted by Gasteiger charge is 2.02. The lowest BCUT2D eigenvalue weighted by Gasteiger charge is -2.01. The van der Waals surface area contributed by atoms with Gasteiger partial charge in [-0.1, -0.05) is 0 Å². The predicted molar refractivity (Wildman–Crippen MR) is 38.3 cm³/mol. The molecule has 0 aromatic carbocycles. The quantitative estimate of drug-likeness (QED) is 0.641. The summed E-state index contributed by atoms with van der Waals surface area (Å²) in [5, 5.41) is 12.9. The molecule has 3 N–H and O–H groups in total. The van der Waals surface area contributed by atoms with Gasteiger partial charge in [0, 0.05) is 6.54 Å². The first-order valence-electron chi connectivity index (χ1n) is 2.75. The van der Waals surface area contributed by atoms with E-state index < -0.39 is 6.10 Å². The molecule has 0 bridgehead atoms. The number of aliphatic hydroxyl groups excluding tert-OH is 1. The van der Waals surface area contributed by atoms with Gasteiger partial charge in [0.2, 0.25) is 0 Å². The third kappa shape index (κ3) is 1.51. The van der Waals surface area contributed by atoms with Crippen LogP contribution >= 0.6 is 11.3 Å². The lowest BCUT2D eigenvalue weighted by atomic mass is 10.2. The summed E-state index contributed by atoms with van der Waals surface area (Å²) in [6, 6.07) is 1.88. The minimum absolute atomic E-state index is 0.302. The van der Waals surface area contributed by atoms with Crippen LogP contribution in [0.5, 0.6) is 0 Å². The van der Waals surface area contributed by atoms with Crippen LogP contribution in [0.1, 0.15) is 11.7 Å². The Kier molecular flexibility index (Phi) is 2.22. The van der Waals surface area contributed by atoms with Crippen LogP contribution in [0.4, 0.5) is 0 Å². The van der Waals surface area contributed by atoms with Crippen LogP contribution in [-0.4, -0.2) is 11.7 Å². The standard InChI is InChI=1S/C6H9NOS/c7-3-6(8)5-1-2-9-4-5/h1-2,4,6,8H,3,7H2. The summed E-state index contributed by atoms with van der Waals surface area (Å²) < 4.78 is 0. The van der Waals surface area contributed by atoms with E-state index in [0.717, 1.165) is 5.56 Å². The lowest BCUT2D eigenvalue weighted by molar-refractivity contribution is 0.187. The maximum absolute atomic E-state index is 9.10. The van der Waals surface area contributed by atoms with Gasteiger partial charge in [0.05, 0.1) is 6.10 Å². The summed E-state index contributed by atoms with van der Waals surface area (Å²) in [7, 11) is 0. The second kappa shape index (κ2) is 2.96. The first kappa shape index (κ1) is 6.74. The molecule has 1 heterocycles. The van der Waals surface area contributed by atoms with Crippen LogP contribution in [-0.2, 0) is 0 Å². The summed E-state index contributed by atoms with van der Waals surface area (Å²) >= 11 is 1.57. The summed E-state index contributed by atoms with van der Waals surface area (Å²) in [6.07, 6.45) is -0.476. The van der Waals surface area contributed by atoms with E-state index in [4.69, 9.17) is 10.8 Å². The second-order valence-electron chi connectivity index (χ2n) is 1.81. The van der Waals surface area contributed by atoms with Crippen molar-refractivity contribution in [3.63, 3.8) is 0 Å². The molecule has 0 saturated carbocycles. The molecule has 0 aliphatic rings. The Labute approximate surface area is 57.9 Å². The minimum atomic E-state index is -0.476. The highest BCUT2D eigenvalue weighted by Crippen LogP contribution is 2.13. The van der Waals surface area contributed by atoms with E-state index in [1.807, 2.05) is 16.8 Å². The van der Waals surface area contributed by atoms with E-state index in [1.165, 1.54) is 0 Å². The van der Waals surface area contributed by atoms with Crippen molar-refractivity contribution >= 4 is 11.3 Å². The maximum atomic E-state index is 9.10. The van der Waals surface area contributed by atoms with Gasteiger partial charge in [0.15, 0.2) is 0 Å². The van der Waals surface area contributed by atoms with Gasteiger partial charge >= 0.3 is 0 Å². The average Bonchev–Trinajstić information content (AvgIpc) is 2.37. The molecule has 1 rings (SSSR count). The molecule has 9 heavy (non-hydrogen) atoms. The summed E-state index contributed by atoms with van der Waals surface area (Å²) in [4.78, 5) is 0. The van der Waals surface area contributed by atoms with Gasteiger partial charge in [-0.3, -0.25) is 0 Å². The fraction of sp³-hybridized carbons (Fsp3) is 0.333. The normalized spacial score (nSPS) is 13.6. The van der Waals surface area contributed by atoms with Crippen LogP contribution < -0.4 is 5.73 Å². The van der Waals surface area contributed by atoms with Crippen LogP contribution in [0, 0.1) is 0 Å². The molecule has 1 atom stereocenters. The second-order valence-corrected chi connectivity index (χ2v) is 2.59. The molecule has 0 spiro atoms. The molecular formula is C6H9NOS. The number of aliphatic hydroxyl groups is 1. The summed E-state index contributed by atoms with van der Waals surface area (Å²) in [5.74, 6) is 0. The van der Waals surface area contributed by atoms with Crippen molar-refractivity contribution in [2.45, 2.75) is 6.10 Å². The zero-order valence-electron chi connectivity index (χ0n) is 4.95. The van der Waals surface area contributed by atoms with Crippen molar-refractivity contribution in [1.82, 2.24) is 0 Å². The van der Waals surface area contributed by atoms with E-state index in [1.54, 1.807) is 11.3 Å². The number of rotatable bonds is 2. The van der Waals surface area contributed by atoms with Crippen LogP contribution in [0.15, 0.2) is 16.8 Å². The van der Waals surface area contributed by atoms with Crippen molar-refractivity contribution < 1.29 is 5.11 Å². The van der Waals surface area contributed by atoms with Gasteiger partial charge < -0.3 is 10.8 Å². The van der Waals surface area contributed by atoms with Gasteiger partial charge in [0.1, 0.15) is 0 Å². The summed E-state index contributed by atoms with van der Waals surface area (Å²) in [5.41, 5.74) is 6.14. The van der Waals surface area contributed by atoms with E-state index in [0.29, 0.717) is 6.54 Å². The Balaban J connectivity index is 2.65. The van der Waals surface area contributed by atoms with Crippen LogP contribution in [0.25, 0.3) is 0 Å². The number of nitrogens with two attached hydrogens (primary N) is 1. The fourth-order valence-corrected chi connectivity index (χ4v) is 1.31. The van der Waals surface area contributed by atoms with Gasteiger partial charge in [-0.05, 0) is 22.4 Å². The van der Waals surface area contributed by atoms with Gasteiger partial charge in [-0.15, -0.1) is 0 Å². The average molecular weight is 143 g/mol. The number of hydrogen-bond donors (Lipinski definition) is 2. The van der Waals surface area contributed by atoms with E-state index in [9.17, 15) is 0 Å². The number of thiophene rings is 1.